The second-order valence-corrected chi connectivity index (χ2v) is 7.06. The number of hydrogen-bond donors (Lipinski definition) is 0. The van der Waals surface area contributed by atoms with Crippen molar-refractivity contribution in [3.05, 3.63) is 12.1 Å². The maximum absolute atomic E-state index is 14.3. The SMILES string of the molecule is COC(C)(CCC(C)(C)CN(C)C)C(F)(F)C(F)(F)OC(F)=C(F)F. The Labute approximate surface area is 142 Å². The Balaban J connectivity index is 5.47. The molecule has 0 aromatic rings. The van der Waals surface area contributed by atoms with Crippen molar-refractivity contribution < 1.29 is 40.2 Å². The number of halogens is 7. The lowest BCUT2D eigenvalue weighted by Gasteiger charge is -2.41. The molecule has 0 rings (SSSR count). The van der Waals surface area contributed by atoms with Crippen molar-refractivity contribution in [3.63, 3.8) is 0 Å². The van der Waals surface area contributed by atoms with Gasteiger partial charge in [0.15, 0.2) is 0 Å². The van der Waals surface area contributed by atoms with Crippen LogP contribution in [0.15, 0.2) is 12.1 Å². The van der Waals surface area contributed by atoms with Gasteiger partial charge >= 0.3 is 24.1 Å². The fourth-order valence-corrected chi connectivity index (χ4v) is 2.42. The molecule has 0 spiro atoms. The van der Waals surface area contributed by atoms with E-state index in [9.17, 15) is 30.7 Å². The zero-order chi connectivity index (χ0) is 20.3. The predicted molar refractivity (Wildman–Crippen MR) is 78.3 cm³/mol. The smallest absolute Gasteiger partial charge is 0.398 e. The molecule has 10 heteroatoms. The van der Waals surface area contributed by atoms with Gasteiger partial charge in [-0.05, 0) is 39.3 Å². The quantitative estimate of drug-likeness (QED) is 0.390. The maximum Gasteiger partial charge on any atom is 0.469 e. The molecule has 1 unspecified atom stereocenters. The molecule has 0 saturated carbocycles. The van der Waals surface area contributed by atoms with Crippen molar-refractivity contribution in [3.8, 4) is 0 Å². The van der Waals surface area contributed by atoms with E-state index in [2.05, 4.69) is 9.47 Å². The van der Waals surface area contributed by atoms with Crippen molar-refractivity contribution in [1.82, 2.24) is 4.90 Å². The van der Waals surface area contributed by atoms with E-state index in [1.165, 1.54) is 0 Å². The van der Waals surface area contributed by atoms with E-state index in [-0.39, 0.29) is 6.42 Å². The van der Waals surface area contributed by atoms with Gasteiger partial charge in [0.05, 0.1) is 0 Å². The molecule has 1 atom stereocenters. The molecule has 0 N–H and O–H groups in total. The van der Waals surface area contributed by atoms with E-state index in [4.69, 9.17) is 0 Å². The van der Waals surface area contributed by atoms with Crippen LogP contribution in [0, 0.1) is 5.41 Å². The fraction of sp³-hybridized carbons (Fsp3) is 0.867. The average Bonchev–Trinajstić information content (AvgIpc) is 2.42. The topological polar surface area (TPSA) is 21.7 Å². The summed E-state index contributed by atoms with van der Waals surface area (Å²) in [7, 11) is 4.30. The average molecular weight is 383 g/mol. The first kappa shape index (κ1) is 24.0. The van der Waals surface area contributed by atoms with Crippen LogP contribution in [0.2, 0.25) is 0 Å². The van der Waals surface area contributed by atoms with Crippen LogP contribution in [0.5, 0.6) is 0 Å². The van der Waals surface area contributed by atoms with Gasteiger partial charge in [-0.1, -0.05) is 13.8 Å². The molecular formula is C15H24F7NO2. The predicted octanol–water partition coefficient (Wildman–Crippen LogP) is 5.04. The van der Waals surface area contributed by atoms with Crippen LogP contribution in [-0.2, 0) is 9.47 Å². The number of alkyl halides is 4. The summed E-state index contributed by atoms with van der Waals surface area (Å²) in [6.45, 7) is 4.67. The van der Waals surface area contributed by atoms with Crippen molar-refractivity contribution in [2.24, 2.45) is 5.41 Å². The van der Waals surface area contributed by atoms with Crippen LogP contribution in [0.4, 0.5) is 30.7 Å². The van der Waals surface area contributed by atoms with Crippen LogP contribution < -0.4 is 0 Å². The van der Waals surface area contributed by atoms with Crippen LogP contribution in [0.1, 0.15) is 33.6 Å². The van der Waals surface area contributed by atoms with Gasteiger partial charge in [-0.15, -0.1) is 0 Å². The summed E-state index contributed by atoms with van der Waals surface area (Å²) in [5, 5.41) is 0. The van der Waals surface area contributed by atoms with Gasteiger partial charge in [-0.3, -0.25) is 0 Å². The molecule has 0 aliphatic carbocycles. The van der Waals surface area contributed by atoms with E-state index in [0.29, 0.717) is 13.5 Å². The van der Waals surface area contributed by atoms with Crippen LogP contribution in [0.25, 0.3) is 0 Å². The number of methoxy groups -OCH3 is 1. The number of ether oxygens (including phenoxy) is 2. The van der Waals surface area contributed by atoms with Gasteiger partial charge in [0.1, 0.15) is 5.60 Å². The molecule has 150 valence electrons. The summed E-state index contributed by atoms with van der Waals surface area (Å²) < 4.78 is 99.8. The Bertz CT molecular complexity index is 477. The third kappa shape index (κ3) is 6.02. The maximum atomic E-state index is 14.3. The van der Waals surface area contributed by atoms with Crippen LogP contribution >= 0.6 is 0 Å². The summed E-state index contributed by atoms with van der Waals surface area (Å²) in [5.74, 6) is -5.07. The second-order valence-electron chi connectivity index (χ2n) is 7.06. The molecule has 0 heterocycles. The first-order valence-electron chi connectivity index (χ1n) is 7.36. The van der Waals surface area contributed by atoms with E-state index in [1.54, 1.807) is 32.8 Å². The molecule has 0 radical (unpaired) electrons. The Kier molecular flexibility index (Phi) is 7.78. The number of hydrogen-bond acceptors (Lipinski definition) is 3. The van der Waals surface area contributed by atoms with Gasteiger partial charge in [-0.2, -0.15) is 30.7 Å². The first-order valence-corrected chi connectivity index (χ1v) is 7.36. The molecule has 0 aliphatic heterocycles. The zero-order valence-electron chi connectivity index (χ0n) is 15.0. The molecule has 0 aromatic carbocycles. The molecule has 0 amide bonds. The fourth-order valence-electron chi connectivity index (χ4n) is 2.42. The molecule has 3 nitrogen and oxygen atoms in total. The summed E-state index contributed by atoms with van der Waals surface area (Å²) in [5.41, 5.74) is -3.29. The van der Waals surface area contributed by atoms with Gasteiger partial charge in [0.25, 0.3) is 0 Å². The normalized spacial score (nSPS) is 15.9. The van der Waals surface area contributed by atoms with E-state index in [0.717, 1.165) is 7.11 Å². The third-order valence-corrected chi connectivity index (χ3v) is 3.87. The lowest BCUT2D eigenvalue weighted by molar-refractivity contribution is -0.384. The highest BCUT2D eigenvalue weighted by molar-refractivity contribution is 4.99. The van der Waals surface area contributed by atoms with Crippen molar-refractivity contribution in [2.45, 2.75) is 51.2 Å². The zero-order valence-corrected chi connectivity index (χ0v) is 15.0. The van der Waals surface area contributed by atoms with E-state index < -0.39 is 41.6 Å². The van der Waals surface area contributed by atoms with Gasteiger partial charge in [-0.25, -0.2) is 0 Å². The molecule has 0 saturated heterocycles. The highest BCUT2D eigenvalue weighted by Gasteiger charge is 2.70. The highest BCUT2D eigenvalue weighted by atomic mass is 19.3. The first-order chi connectivity index (χ1) is 11.0. The van der Waals surface area contributed by atoms with Gasteiger partial charge in [0.2, 0.25) is 0 Å². The van der Waals surface area contributed by atoms with Crippen LogP contribution in [0.3, 0.4) is 0 Å². The van der Waals surface area contributed by atoms with E-state index >= 15 is 0 Å². The van der Waals surface area contributed by atoms with Crippen LogP contribution in [-0.4, -0.2) is 50.3 Å². The lowest BCUT2D eigenvalue weighted by Crippen LogP contribution is -2.59. The van der Waals surface area contributed by atoms with Crippen molar-refractivity contribution >= 4 is 0 Å². The second kappa shape index (κ2) is 8.11. The minimum Gasteiger partial charge on any atom is -0.398 e. The largest absolute Gasteiger partial charge is 0.469 e. The summed E-state index contributed by atoms with van der Waals surface area (Å²) in [6, 6.07) is -3.06. The minimum absolute atomic E-state index is 0.0526. The van der Waals surface area contributed by atoms with Crippen molar-refractivity contribution in [2.75, 3.05) is 27.7 Å². The highest BCUT2D eigenvalue weighted by Crippen LogP contribution is 2.49. The number of nitrogens with zero attached hydrogens (tertiary/aromatic N) is 1. The summed E-state index contributed by atoms with van der Waals surface area (Å²) in [6.07, 6.45) is -9.28. The monoisotopic (exact) mass is 383 g/mol. The molecule has 0 fully saturated rings. The summed E-state index contributed by atoms with van der Waals surface area (Å²) in [4.78, 5) is 1.80. The Hall–Kier alpha value is -1.03. The summed E-state index contributed by atoms with van der Waals surface area (Å²) >= 11 is 0. The molecular weight excluding hydrogens is 359 g/mol. The van der Waals surface area contributed by atoms with Gasteiger partial charge < -0.3 is 14.4 Å². The Morgan fingerprint density at radius 2 is 1.40 bits per heavy atom. The van der Waals surface area contributed by atoms with Crippen molar-refractivity contribution in [1.29, 1.82) is 0 Å². The molecule has 25 heavy (non-hydrogen) atoms. The number of rotatable bonds is 10. The lowest BCUT2D eigenvalue weighted by atomic mass is 9.80. The molecule has 0 aromatic heterocycles. The van der Waals surface area contributed by atoms with Gasteiger partial charge in [0, 0.05) is 13.7 Å². The minimum atomic E-state index is -5.53. The standard InChI is InChI=1S/C15H24F7NO2/c1-12(2,9-23(4)5)7-8-13(3,24-6)14(19,20)15(21,22)25-11(18)10(16)17/h7-9H2,1-6H3. The Morgan fingerprint density at radius 1 is 0.920 bits per heavy atom. The Morgan fingerprint density at radius 3 is 1.76 bits per heavy atom. The third-order valence-electron chi connectivity index (χ3n) is 3.87. The van der Waals surface area contributed by atoms with E-state index in [1.807, 2.05) is 0 Å². The molecule has 0 bridgehead atoms. The molecule has 0 aliphatic rings.